The normalized spacial score (nSPS) is 16.7. The molecule has 1 fully saturated rings. The van der Waals surface area contributed by atoms with Gasteiger partial charge in [-0.3, -0.25) is 0 Å². The Morgan fingerprint density at radius 1 is 0.903 bits per heavy atom. The fourth-order valence-electron chi connectivity index (χ4n) is 4.70. The molecule has 8 nitrogen and oxygen atoms in total. The number of tetrazole rings is 1. The minimum atomic E-state index is 0.794. The van der Waals surface area contributed by atoms with Crippen molar-refractivity contribution >= 4 is 33.3 Å². The third-order valence-electron chi connectivity index (χ3n) is 6.22. The smallest absolute Gasteiger partial charge is 0.250 e. The molecule has 0 spiro atoms. The third kappa shape index (κ3) is 3.23. The van der Waals surface area contributed by atoms with Crippen LogP contribution in [0.2, 0.25) is 0 Å². The van der Waals surface area contributed by atoms with Crippen LogP contribution in [0.3, 0.4) is 0 Å². The number of para-hydroxylation sites is 1. The van der Waals surface area contributed by atoms with Gasteiger partial charge < -0.3 is 9.80 Å². The zero-order valence-electron chi connectivity index (χ0n) is 17.5. The molecule has 0 saturated carbocycles. The van der Waals surface area contributed by atoms with Crippen molar-refractivity contribution in [1.82, 2.24) is 30.2 Å². The first kappa shape index (κ1) is 18.7. The van der Waals surface area contributed by atoms with Gasteiger partial charge in [0.05, 0.1) is 11.1 Å². The van der Waals surface area contributed by atoms with Crippen molar-refractivity contribution in [3.63, 3.8) is 0 Å². The maximum Gasteiger partial charge on any atom is 0.250 e. The summed E-state index contributed by atoms with van der Waals surface area (Å²) >= 11 is 1.87. The molecule has 0 amide bonds. The summed E-state index contributed by atoms with van der Waals surface area (Å²) < 4.78 is 1.82. The fourth-order valence-corrected chi connectivity index (χ4v) is 6.01. The molecule has 6 rings (SSSR count). The minimum absolute atomic E-state index is 0.794. The first-order valence-electron chi connectivity index (χ1n) is 10.9. The van der Waals surface area contributed by atoms with Crippen LogP contribution < -0.4 is 9.80 Å². The monoisotopic (exact) mass is 432 g/mol. The van der Waals surface area contributed by atoms with Gasteiger partial charge in [-0.25, -0.2) is 9.97 Å². The van der Waals surface area contributed by atoms with Gasteiger partial charge in [0.2, 0.25) is 5.95 Å². The van der Waals surface area contributed by atoms with Gasteiger partial charge in [0.25, 0.3) is 0 Å². The Balaban J connectivity index is 1.29. The average Bonchev–Trinajstić information content (AvgIpc) is 3.44. The topological polar surface area (TPSA) is 75.9 Å². The Hall–Kier alpha value is -3.07. The van der Waals surface area contributed by atoms with Crippen molar-refractivity contribution < 1.29 is 0 Å². The molecule has 1 aliphatic carbocycles. The molecular formula is C22H24N8S. The van der Waals surface area contributed by atoms with E-state index in [4.69, 9.17) is 9.97 Å². The van der Waals surface area contributed by atoms with E-state index in [1.807, 2.05) is 53.3 Å². The molecule has 1 aliphatic heterocycles. The number of rotatable bonds is 3. The van der Waals surface area contributed by atoms with E-state index in [2.05, 4.69) is 25.3 Å². The van der Waals surface area contributed by atoms with Crippen LogP contribution >= 0.6 is 11.3 Å². The lowest BCUT2D eigenvalue weighted by Gasteiger charge is -2.36. The summed E-state index contributed by atoms with van der Waals surface area (Å²) in [5.41, 5.74) is 2.47. The quantitative estimate of drug-likeness (QED) is 0.492. The second kappa shape index (κ2) is 7.56. The Morgan fingerprint density at radius 2 is 1.68 bits per heavy atom. The van der Waals surface area contributed by atoms with Gasteiger partial charge in [-0.1, -0.05) is 23.3 Å². The molecule has 9 heteroatoms. The molecule has 0 bridgehead atoms. The van der Waals surface area contributed by atoms with Crippen LogP contribution in [0.4, 0.5) is 11.8 Å². The number of thiophene rings is 1. The van der Waals surface area contributed by atoms with Crippen molar-refractivity contribution in [1.29, 1.82) is 0 Å². The van der Waals surface area contributed by atoms with Crippen molar-refractivity contribution in [2.45, 2.75) is 32.6 Å². The number of piperazine rings is 1. The summed E-state index contributed by atoms with van der Waals surface area (Å²) in [4.78, 5) is 17.1. The lowest BCUT2D eigenvalue weighted by Crippen LogP contribution is -2.47. The van der Waals surface area contributed by atoms with E-state index in [-0.39, 0.29) is 0 Å². The van der Waals surface area contributed by atoms with E-state index >= 15 is 0 Å². The highest BCUT2D eigenvalue weighted by atomic mass is 32.1. The summed E-state index contributed by atoms with van der Waals surface area (Å²) in [6.07, 6.45) is 4.89. The number of anilines is 2. The molecule has 1 aromatic carbocycles. The Morgan fingerprint density at radius 3 is 2.52 bits per heavy atom. The average molecular weight is 433 g/mol. The summed E-state index contributed by atoms with van der Waals surface area (Å²) in [6.45, 7) is 5.48. The van der Waals surface area contributed by atoms with Crippen LogP contribution in [0.15, 0.2) is 30.3 Å². The molecule has 4 heterocycles. The number of hydrogen-bond acceptors (Lipinski definition) is 8. The summed E-state index contributed by atoms with van der Waals surface area (Å²) in [5, 5.41) is 13.8. The van der Waals surface area contributed by atoms with Gasteiger partial charge in [-0.15, -0.1) is 11.3 Å². The predicted molar refractivity (Wildman–Crippen MR) is 122 cm³/mol. The Kier molecular flexibility index (Phi) is 4.56. The molecule has 2 aliphatic rings. The van der Waals surface area contributed by atoms with Crippen molar-refractivity contribution in [3.8, 4) is 5.69 Å². The first-order chi connectivity index (χ1) is 15.3. The number of benzene rings is 1. The highest BCUT2D eigenvalue weighted by molar-refractivity contribution is 7.19. The maximum atomic E-state index is 4.92. The Labute approximate surface area is 184 Å². The summed E-state index contributed by atoms with van der Waals surface area (Å²) in [5.74, 6) is 2.77. The van der Waals surface area contributed by atoms with Crippen molar-refractivity contribution in [3.05, 3.63) is 46.6 Å². The van der Waals surface area contributed by atoms with E-state index in [9.17, 15) is 0 Å². The van der Waals surface area contributed by atoms with Crippen LogP contribution in [0, 0.1) is 6.92 Å². The zero-order valence-corrected chi connectivity index (χ0v) is 18.3. The first-order valence-corrected chi connectivity index (χ1v) is 11.7. The molecular weight excluding hydrogens is 408 g/mol. The molecule has 4 aromatic rings. The van der Waals surface area contributed by atoms with E-state index in [0.29, 0.717) is 0 Å². The standard InChI is InChI=1S/C22H24N8S/c1-15-23-20(19-17-9-5-6-10-18(17)31-21(19)24-15)28-11-13-29(14-12-28)22-25-26-27-30(22)16-7-3-2-4-8-16/h2-4,7-8H,5-6,9-14H2,1H3. The van der Waals surface area contributed by atoms with Crippen LogP contribution in [-0.2, 0) is 12.8 Å². The zero-order chi connectivity index (χ0) is 20.8. The number of fused-ring (bicyclic) bond motifs is 3. The van der Waals surface area contributed by atoms with Crippen LogP contribution in [0.5, 0.6) is 0 Å². The number of aromatic nitrogens is 6. The SMILES string of the molecule is Cc1nc(N2CCN(c3nnnn3-c3ccccc3)CC2)c2c3c(sc2n1)CCCC3. The largest absolute Gasteiger partial charge is 0.352 e. The second-order valence-electron chi connectivity index (χ2n) is 8.19. The Bertz CT molecular complexity index is 1220. The van der Waals surface area contributed by atoms with E-state index in [1.165, 1.54) is 35.1 Å². The molecule has 1 saturated heterocycles. The lowest BCUT2D eigenvalue weighted by molar-refractivity contribution is 0.626. The van der Waals surface area contributed by atoms with E-state index in [1.54, 1.807) is 0 Å². The minimum Gasteiger partial charge on any atom is -0.352 e. The number of hydrogen-bond donors (Lipinski definition) is 0. The number of aryl methyl sites for hydroxylation is 3. The van der Waals surface area contributed by atoms with Crippen LogP contribution in [-0.4, -0.2) is 56.4 Å². The van der Waals surface area contributed by atoms with Crippen molar-refractivity contribution in [2.24, 2.45) is 0 Å². The van der Waals surface area contributed by atoms with Gasteiger partial charge in [0, 0.05) is 31.1 Å². The van der Waals surface area contributed by atoms with Gasteiger partial charge in [0.1, 0.15) is 16.5 Å². The highest BCUT2D eigenvalue weighted by Crippen LogP contribution is 2.40. The van der Waals surface area contributed by atoms with Crippen LogP contribution in [0.25, 0.3) is 15.9 Å². The maximum absolute atomic E-state index is 4.92. The molecule has 0 radical (unpaired) electrons. The third-order valence-corrected chi connectivity index (χ3v) is 7.41. The summed E-state index contributed by atoms with van der Waals surface area (Å²) in [7, 11) is 0. The van der Waals surface area contributed by atoms with Gasteiger partial charge in [-0.05, 0) is 60.7 Å². The molecule has 3 aromatic heterocycles. The highest BCUT2D eigenvalue weighted by Gasteiger charge is 2.27. The molecule has 158 valence electrons. The van der Waals surface area contributed by atoms with Crippen LogP contribution in [0.1, 0.15) is 29.1 Å². The molecule has 0 N–H and O–H groups in total. The van der Waals surface area contributed by atoms with Gasteiger partial charge >= 0.3 is 0 Å². The van der Waals surface area contributed by atoms with Gasteiger partial charge in [-0.2, -0.15) is 4.68 Å². The summed E-state index contributed by atoms with van der Waals surface area (Å²) in [6, 6.07) is 10.1. The van der Waals surface area contributed by atoms with Gasteiger partial charge in [0.15, 0.2) is 0 Å². The lowest BCUT2D eigenvalue weighted by atomic mass is 9.97. The number of nitrogens with zero attached hydrogens (tertiary/aromatic N) is 8. The molecule has 0 unspecified atom stereocenters. The second-order valence-corrected chi connectivity index (χ2v) is 9.27. The van der Waals surface area contributed by atoms with Crippen molar-refractivity contribution in [2.75, 3.05) is 36.0 Å². The van der Waals surface area contributed by atoms with E-state index in [0.717, 1.165) is 60.7 Å². The molecule has 31 heavy (non-hydrogen) atoms. The molecule has 0 atom stereocenters. The fraction of sp³-hybridized carbons (Fsp3) is 0.409. The van der Waals surface area contributed by atoms with E-state index < -0.39 is 0 Å². The predicted octanol–water partition coefficient (Wildman–Crippen LogP) is 3.18.